The molecule has 1 aliphatic carbocycles. The number of anilines is 1. The van der Waals surface area contributed by atoms with Crippen molar-refractivity contribution in [2.24, 2.45) is 0 Å². The topological polar surface area (TPSA) is 47.2 Å². The summed E-state index contributed by atoms with van der Waals surface area (Å²) in [5.41, 5.74) is 8.03. The van der Waals surface area contributed by atoms with E-state index in [2.05, 4.69) is 65.6 Å². The molecule has 1 aromatic carbocycles. The molecule has 39 heavy (non-hydrogen) atoms. The lowest BCUT2D eigenvalue weighted by Gasteiger charge is -2.40. The number of H-pyrrole nitrogens is 1. The van der Waals surface area contributed by atoms with E-state index in [4.69, 9.17) is 16.6 Å². The van der Waals surface area contributed by atoms with Crippen LogP contribution in [0.2, 0.25) is 5.02 Å². The molecule has 210 valence electrons. The smallest absolute Gasteiger partial charge is 0.140 e. The molecule has 1 saturated carbocycles. The Balaban J connectivity index is 1.39. The van der Waals surface area contributed by atoms with Gasteiger partial charge in [0.25, 0.3) is 0 Å². The molecule has 2 N–H and O–H groups in total. The van der Waals surface area contributed by atoms with Crippen molar-refractivity contribution in [2.75, 3.05) is 31.5 Å². The van der Waals surface area contributed by atoms with Gasteiger partial charge >= 0.3 is 0 Å². The van der Waals surface area contributed by atoms with Crippen molar-refractivity contribution >= 4 is 34.0 Å². The molecule has 1 aliphatic heterocycles. The zero-order chi connectivity index (χ0) is 27.4. The number of pyridine rings is 1. The highest BCUT2D eigenvalue weighted by Gasteiger charge is 2.26. The molecule has 3 heterocycles. The second kappa shape index (κ2) is 12.8. The van der Waals surface area contributed by atoms with E-state index in [-0.39, 0.29) is 0 Å². The maximum absolute atomic E-state index is 6.68. The van der Waals surface area contributed by atoms with Crippen LogP contribution in [0.25, 0.3) is 27.9 Å². The van der Waals surface area contributed by atoms with Crippen LogP contribution in [0.15, 0.2) is 37.2 Å². The largest absolute Gasteiger partial charge is 0.381 e. The SMILES string of the molecule is C=C(c1ccc(-c2cnc3[nH]cc(Cl)c3c2NC2CCCC2)c(CC)c1)N1CCC(N(CCC)CCC)CC1. The van der Waals surface area contributed by atoms with Crippen LogP contribution in [0.4, 0.5) is 5.69 Å². The van der Waals surface area contributed by atoms with Crippen LogP contribution in [0, 0.1) is 0 Å². The monoisotopic (exact) mass is 547 g/mol. The van der Waals surface area contributed by atoms with Crippen molar-refractivity contribution in [1.82, 2.24) is 19.8 Å². The summed E-state index contributed by atoms with van der Waals surface area (Å²) in [6.07, 6.45) is 14.7. The molecule has 0 bridgehead atoms. The standard InChI is InChI=1S/C33H46ClN5/c1-5-16-39(17-6-2)27-14-18-38(19-15-27)23(4)25-12-13-28(24(7-3)20-25)29-21-35-33-31(30(34)22-36-33)32(29)37-26-10-8-9-11-26/h12-13,20-22,26-27H,4-11,14-19H2,1-3H3,(H2,35,36,37). The van der Waals surface area contributed by atoms with E-state index >= 15 is 0 Å². The van der Waals surface area contributed by atoms with Crippen LogP contribution in [-0.4, -0.2) is 58.0 Å². The number of fused-ring (bicyclic) bond motifs is 1. The summed E-state index contributed by atoms with van der Waals surface area (Å²) in [4.78, 5) is 13.2. The average molecular weight is 548 g/mol. The number of nitrogens with one attached hydrogen (secondary N) is 2. The number of rotatable bonds is 11. The molecule has 0 unspecified atom stereocenters. The fourth-order valence-corrected chi connectivity index (χ4v) is 6.99. The first-order valence-corrected chi connectivity index (χ1v) is 15.6. The molecular weight excluding hydrogens is 502 g/mol. The van der Waals surface area contributed by atoms with Gasteiger partial charge in [-0.05, 0) is 80.8 Å². The summed E-state index contributed by atoms with van der Waals surface area (Å²) < 4.78 is 0. The van der Waals surface area contributed by atoms with Crippen molar-refractivity contribution < 1.29 is 0 Å². The number of likely N-dealkylation sites (tertiary alicyclic amines) is 1. The maximum atomic E-state index is 6.68. The van der Waals surface area contributed by atoms with Gasteiger partial charge in [-0.2, -0.15) is 0 Å². The van der Waals surface area contributed by atoms with Gasteiger partial charge in [0.15, 0.2) is 0 Å². The first-order valence-electron chi connectivity index (χ1n) is 15.3. The zero-order valence-electron chi connectivity index (χ0n) is 24.2. The van der Waals surface area contributed by atoms with Crippen LogP contribution in [0.1, 0.15) is 83.3 Å². The van der Waals surface area contributed by atoms with E-state index in [9.17, 15) is 0 Å². The minimum Gasteiger partial charge on any atom is -0.381 e. The second-order valence-corrected chi connectivity index (χ2v) is 11.9. The normalized spacial score (nSPS) is 17.0. The van der Waals surface area contributed by atoms with Crippen molar-refractivity contribution in [1.29, 1.82) is 0 Å². The molecule has 0 spiro atoms. The molecule has 3 aromatic rings. The number of halogens is 1. The Labute approximate surface area is 240 Å². The van der Waals surface area contributed by atoms with Gasteiger partial charge in [0.2, 0.25) is 0 Å². The summed E-state index contributed by atoms with van der Waals surface area (Å²) >= 11 is 6.68. The molecule has 2 aliphatic rings. The van der Waals surface area contributed by atoms with Crippen molar-refractivity contribution in [3.63, 3.8) is 0 Å². The Morgan fingerprint density at radius 1 is 1.08 bits per heavy atom. The third-order valence-corrected chi connectivity index (χ3v) is 9.15. The van der Waals surface area contributed by atoms with Gasteiger partial charge in [0.1, 0.15) is 5.65 Å². The van der Waals surface area contributed by atoms with Crippen LogP contribution >= 0.6 is 11.6 Å². The molecule has 2 fully saturated rings. The lowest BCUT2D eigenvalue weighted by Crippen LogP contribution is -2.44. The molecule has 2 aromatic heterocycles. The molecular formula is C33H46ClN5. The van der Waals surface area contributed by atoms with Gasteiger partial charge in [-0.3, -0.25) is 0 Å². The van der Waals surface area contributed by atoms with Crippen molar-refractivity contribution in [2.45, 2.75) is 90.6 Å². The minimum absolute atomic E-state index is 0.484. The number of aryl methyl sites for hydroxylation is 1. The van der Waals surface area contributed by atoms with Gasteiger partial charge in [-0.1, -0.05) is 63.9 Å². The van der Waals surface area contributed by atoms with E-state index in [0.717, 1.165) is 52.5 Å². The predicted octanol–water partition coefficient (Wildman–Crippen LogP) is 8.36. The Hall–Kier alpha value is -2.50. The summed E-state index contributed by atoms with van der Waals surface area (Å²) in [6, 6.07) is 8.08. The summed E-state index contributed by atoms with van der Waals surface area (Å²) in [7, 11) is 0. The number of aromatic nitrogens is 2. The van der Waals surface area contributed by atoms with Crippen molar-refractivity contribution in [3.8, 4) is 11.1 Å². The van der Waals surface area contributed by atoms with Crippen LogP contribution in [0.5, 0.6) is 0 Å². The lowest BCUT2D eigenvalue weighted by molar-refractivity contribution is 0.132. The fourth-order valence-electron chi connectivity index (χ4n) is 6.75. The highest BCUT2D eigenvalue weighted by Crippen LogP contribution is 2.41. The molecule has 5 rings (SSSR count). The fraction of sp³-hybridized carbons (Fsp3) is 0.545. The molecule has 5 nitrogen and oxygen atoms in total. The Morgan fingerprint density at radius 2 is 1.79 bits per heavy atom. The number of hydrogen-bond acceptors (Lipinski definition) is 4. The number of nitrogens with zero attached hydrogens (tertiary/aromatic N) is 3. The minimum atomic E-state index is 0.484. The van der Waals surface area contributed by atoms with Crippen LogP contribution < -0.4 is 5.32 Å². The highest BCUT2D eigenvalue weighted by molar-refractivity contribution is 6.36. The maximum Gasteiger partial charge on any atom is 0.140 e. The number of aromatic amines is 1. The molecule has 1 saturated heterocycles. The summed E-state index contributed by atoms with van der Waals surface area (Å²) in [5, 5.41) is 5.60. The van der Waals surface area contributed by atoms with E-state index in [1.165, 1.54) is 81.1 Å². The Morgan fingerprint density at radius 3 is 2.46 bits per heavy atom. The first kappa shape index (κ1) is 28.0. The van der Waals surface area contributed by atoms with Gasteiger partial charge in [-0.15, -0.1) is 0 Å². The number of hydrogen-bond donors (Lipinski definition) is 2. The van der Waals surface area contributed by atoms with Gasteiger partial charge in [-0.25, -0.2) is 4.98 Å². The van der Waals surface area contributed by atoms with Gasteiger partial charge in [0.05, 0.1) is 16.1 Å². The Bertz CT molecular complexity index is 1260. The number of benzene rings is 1. The third-order valence-electron chi connectivity index (χ3n) is 8.85. The van der Waals surface area contributed by atoms with Crippen LogP contribution in [-0.2, 0) is 6.42 Å². The molecule has 6 heteroatoms. The van der Waals surface area contributed by atoms with E-state index < -0.39 is 0 Å². The Kier molecular flexibility index (Phi) is 9.19. The molecule has 0 radical (unpaired) electrons. The van der Waals surface area contributed by atoms with Crippen molar-refractivity contribution in [3.05, 3.63) is 53.3 Å². The first-order chi connectivity index (χ1) is 19.0. The van der Waals surface area contributed by atoms with Crippen LogP contribution in [0.3, 0.4) is 0 Å². The predicted molar refractivity (Wildman–Crippen MR) is 168 cm³/mol. The summed E-state index contributed by atoms with van der Waals surface area (Å²) in [6.45, 7) is 16.0. The molecule has 0 amide bonds. The average Bonchev–Trinajstić information content (AvgIpc) is 3.62. The lowest BCUT2D eigenvalue weighted by atomic mass is 9.93. The van der Waals surface area contributed by atoms with E-state index in [0.29, 0.717) is 12.1 Å². The molecule has 0 atom stereocenters. The second-order valence-electron chi connectivity index (χ2n) is 11.5. The number of piperidine rings is 1. The van der Waals surface area contributed by atoms with Gasteiger partial charge < -0.3 is 20.1 Å². The summed E-state index contributed by atoms with van der Waals surface area (Å²) in [5.74, 6) is 0. The third kappa shape index (κ3) is 6.00. The zero-order valence-corrected chi connectivity index (χ0v) is 24.9. The van der Waals surface area contributed by atoms with E-state index in [1.807, 2.05) is 12.4 Å². The highest BCUT2D eigenvalue weighted by atomic mass is 35.5. The van der Waals surface area contributed by atoms with E-state index in [1.54, 1.807) is 0 Å². The quantitative estimate of drug-likeness (QED) is 0.253. The van der Waals surface area contributed by atoms with Gasteiger partial charge in [0, 0.05) is 48.8 Å².